The van der Waals surface area contributed by atoms with E-state index in [4.69, 9.17) is 14.2 Å². The molecule has 0 atom stereocenters. The van der Waals surface area contributed by atoms with Crippen LogP contribution in [-0.4, -0.2) is 35.9 Å². The molecule has 7 heteroatoms. The van der Waals surface area contributed by atoms with Gasteiger partial charge in [0.2, 0.25) is 6.79 Å². The van der Waals surface area contributed by atoms with E-state index in [0.29, 0.717) is 19.0 Å². The van der Waals surface area contributed by atoms with E-state index in [-0.39, 0.29) is 5.97 Å². The second kappa shape index (κ2) is 9.58. The number of carbonyl (C=O) groups excluding carboxylic acids is 1. The second-order valence-corrected chi connectivity index (χ2v) is 8.01. The predicted molar refractivity (Wildman–Crippen MR) is 100 cm³/mol. The molecule has 25 heavy (non-hydrogen) atoms. The van der Waals surface area contributed by atoms with E-state index < -0.39 is 0 Å². The molecule has 0 radical (unpaired) electrons. The zero-order valence-electron chi connectivity index (χ0n) is 13.7. The number of hydrogen-bond acceptors (Lipinski definition) is 7. The Morgan fingerprint density at radius 1 is 1.16 bits per heavy atom. The molecule has 1 aliphatic heterocycles. The third-order valence-electron chi connectivity index (χ3n) is 3.51. The van der Waals surface area contributed by atoms with Crippen LogP contribution < -0.4 is 9.47 Å². The Morgan fingerprint density at radius 2 is 2.04 bits per heavy atom. The van der Waals surface area contributed by atoms with Gasteiger partial charge in [0.1, 0.15) is 6.61 Å². The molecular weight excluding hydrogens is 358 g/mol. The summed E-state index contributed by atoms with van der Waals surface area (Å²) in [6.07, 6.45) is 5.25. The first kappa shape index (κ1) is 17.9. The topological polar surface area (TPSA) is 57.7 Å². The maximum atomic E-state index is 11.7. The fourth-order valence-electron chi connectivity index (χ4n) is 2.28. The van der Waals surface area contributed by atoms with Crippen molar-refractivity contribution in [3.05, 3.63) is 53.9 Å². The summed E-state index contributed by atoms with van der Waals surface area (Å²) in [6, 6.07) is 9.53. The lowest BCUT2D eigenvalue weighted by Gasteiger charge is -2.05. The molecule has 0 bridgehead atoms. The van der Waals surface area contributed by atoms with E-state index in [1.165, 1.54) is 11.8 Å². The fourth-order valence-corrected chi connectivity index (χ4v) is 4.20. The van der Waals surface area contributed by atoms with Crippen LogP contribution in [0.3, 0.4) is 0 Å². The number of benzene rings is 1. The minimum atomic E-state index is -0.318. The maximum absolute atomic E-state index is 11.7. The summed E-state index contributed by atoms with van der Waals surface area (Å²) in [5, 5.41) is 0. The van der Waals surface area contributed by atoms with Crippen LogP contribution in [0.2, 0.25) is 0 Å². The van der Waals surface area contributed by atoms with Gasteiger partial charge in [0.25, 0.3) is 0 Å². The highest BCUT2D eigenvalue weighted by molar-refractivity contribution is 8.76. The lowest BCUT2D eigenvalue weighted by atomic mass is 10.1. The van der Waals surface area contributed by atoms with Crippen LogP contribution in [-0.2, 0) is 11.2 Å². The summed E-state index contributed by atoms with van der Waals surface area (Å²) >= 11 is 0. The molecule has 132 valence electrons. The van der Waals surface area contributed by atoms with Crippen molar-refractivity contribution in [3.8, 4) is 11.5 Å². The summed E-state index contributed by atoms with van der Waals surface area (Å²) in [4.78, 5) is 15.6. The van der Waals surface area contributed by atoms with Crippen LogP contribution in [0.1, 0.15) is 22.3 Å². The highest BCUT2D eigenvalue weighted by atomic mass is 33.1. The van der Waals surface area contributed by atoms with Crippen molar-refractivity contribution in [2.24, 2.45) is 0 Å². The number of rotatable bonds is 9. The van der Waals surface area contributed by atoms with Gasteiger partial charge in [0.05, 0.1) is 5.56 Å². The van der Waals surface area contributed by atoms with Gasteiger partial charge in [-0.2, -0.15) is 0 Å². The monoisotopic (exact) mass is 377 g/mol. The number of fused-ring (bicyclic) bond motifs is 1. The summed E-state index contributed by atoms with van der Waals surface area (Å²) in [5.41, 5.74) is 1.75. The first-order chi connectivity index (χ1) is 12.3. The molecule has 0 N–H and O–H groups in total. The summed E-state index contributed by atoms with van der Waals surface area (Å²) < 4.78 is 15.9. The molecule has 0 fully saturated rings. The Hall–Kier alpha value is -1.86. The van der Waals surface area contributed by atoms with E-state index in [2.05, 4.69) is 17.1 Å². The lowest BCUT2D eigenvalue weighted by molar-refractivity contribution is 0.0530. The van der Waals surface area contributed by atoms with E-state index >= 15 is 0 Å². The summed E-state index contributed by atoms with van der Waals surface area (Å²) in [7, 11) is 3.53. The summed E-state index contributed by atoms with van der Waals surface area (Å²) in [5.74, 6) is 3.18. The Bertz CT molecular complexity index is 697. The normalized spacial score (nSPS) is 12.2. The molecule has 0 saturated heterocycles. The van der Waals surface area contributed by atoms with Crippen molar-refractivity contribution in [3.63, 3.8) is 0 Å². The maximum Gasteiger partial charge on any atom is 0.339 e. The number of hydrogen-bond donors (Lipinski definition) is 0. The molecule has 3 rings (SSSR count). The Morgan fingerprint density at radius 3 is 2.92 bits per heavy atom. The van der Waals surface area contributed by atoms with E-state index in [9.17, 15) is 4.79 Å². The Balaban J connectivity index is 1.23. The van der Waals surface area contributed by atoms with Gasteiger partial charge >= 0.3 is 5.97 Å². The molecule has 1 aromatic heterocycles. The molecule has 0 saturated carbocycles. The highest BCUT2D eigenvalue weighted by Crippen LogP contribution is 2.33. The first-order valence-electron chi connectivity index (χ1n) is 8.03. The quantitative estimate of drug-likeness (QED) is 0.372. The number of esters is 1. The van der Waals surface area contributed by atoms with Gasteiger partial charge in [-0.1, -0.05) is 27.7 Å². The molecule has 5 nitrogen and oxygen atoms in total. The number of aryl methyl sites for hydroxylation is 1. The molecule has 2 aromatic rings. The molecule has 2 heterocycles. The van der Waals surface area contributed by atoms with Crippen LogP contribution in [0, 0.1) is 0 Å². The molecule has 0 spiro atoms. The van der Waals surface area contributed by atoms with Crippen molar-refractivity contribution in [2.75, 3.05) is 24.9 Å². The van der Waals surface area contributed by atoms with Gasteiger partial charge in [-0.05, 0) is 42.7 Å². The summed E-state index contributed by atoms with van der Waals surface area (Å²) in [6.45, 7) is 0.726. The Labute approximate surface area is 154 Å². The van der Waals surface area contributed by atoms with Gasteiger partial charge < -0.3 is 14.2 Å². The average Bonchev–Trinajstić information content (AvgIpc) is 3.12. The van der Waals surface area contributed by atoms with Crippen LogP contribution >= 0.6 is 21.6 Å². The van der Waals surface area contributed by atoms with Gasteiger partial charge in [-0.25, -0.2) is 4.79 Å². The van der Waals surface area contributed by atoms with Crippen LogP contribution in [0.4, 0.5) is 0 Å². The largest absolute Gasteiger partial charge is 0.461 e. The fraction of sp³-hybridized carbons (Fsp3) is 0.333. The van der Waals surface area contributed by atoms with E-state index in [1.807, 2.05) is 6.07 Å². The van der Waals surface area contributed by atoms with Gasteiger partial charge in [-0.15, -0.1) is 0 Å². The smallest absolute Gasteiger partial charge is 0.339 e. The minimum absolute atomic E-state index is 0.316. The van der Waals surface area contributed by atoms with Gasteiger partial charge in [-0.3, -0.25) is 4.98 Å². The lowest BCUT2D eigenvalue weighted by Crippen LogP contribution is -2.07. The number of carbonyl (C=O) groups is 1. The minimum Gasteiger partial charge on any atom is -0.461 e. The molecule has 1 aliphatic rings. The van der Waals surface area contributed by atoms with Crippen molar-refractivity contribution in [1.29, 1.82) is 0 Å². The third kappa shape index (κ3) is 5.57. The number of pyridine rings is 1. The predicted octanol–water partition coefficient (Wildman–Crippen LogP) is 3.98. The SMILES string of the molecule is O=C(OCCSSCCCc1ccc2c(c1)OCO2)c1cccnc1. The van der Waals surface area contributed by atoms with Crippen molar-refractivity contribution >= 4 is 27.6 Å². The molecule has 1 aromatic carbocycles. The van der Waals surface area contributed by atoms with E-state index in [1.54, 1.807) is 39.9 Å². The Kier molecular flexibility index (Phi) is 6.88. The van der Waals surface area contributed by atoms with Gasteiger partial charge in [0, 0.05) is 23.9 Å². The van der Waals surface area contributed by atoms with Crippen molar-refractivity contribution < 1.29 is 19.0 Å². The van der Waals surface area contributed by atoms with Crippen molar-refractivity contribution in [2.45, 2.75) is 12.8 Å². The third-order valence-corrected chi connectivity index (χ3v) is 5.97. The number of aromatic nitrogens is 1. The zero-order chi connectivity index (χ0) is 17.3. The standard InChI is InChI=1S/C18H19NO4S2/c20-18(15-4-1-7-19-12-15)21-8-10-25-24-9-2-3-14-5-6-16-17(11-14)23-13-22-16/h1,4-7,11-12H,2-3,8-10,13H2. The van der Waals surface area contributed by atoms with Crippen LogP contribution in [0.25, 0.3) is 0 Å². The molecule has 0 amide bonds. The zero-order valence-corrected chi connectivity index (χ0v) is 15.3. The molecule has 0 unspecified atom stereocenters. The molecular formula is C18H19NO4S2. The van der Waals surface area contributed by atoms with Crippen LogP contribution in [0.15, 0.2) is 42.7 Å². The number of ether oxygens (including phenoxy) is 3. The second-order valence-electron chi connectivity index (χ2n) is 5.31. The average molecular weight is 377 g/mol. The highest BCUT2D eigenvalue weighted by Gasteiger charge is 2.12. The molecule has 0 aliphatic carbocycles. The van der Waals surface area contributed by atoms with Gasteiger partial charge in [0.15, 0.2) is 11.5 Å². The number of nitrogens with zero attached hydrogens (tertiary/aromatic N) is 1. The first-order valence-corrected chi connectivity index (χ1v) is 10.5. The van der Waals surface area contributed by atoms with Crippen molar-refractivity contribution in [1.82, 2.24) is 4.98 Å². The van der Waals surface area contributed by atoms with E-state index in [0.717, 1.165) is 35.8 Å². The van der Waals surface area contributed by atoms with Crippen LogP contribution in [0.5, 0.6) is 11.5 Å².